The number of carbonyl (C=O) groups is 1. The van der Waals surface area contributed by atoms with Crippen LogP contribution in [0.4, 0.5) is 18.9 Å². The molecule has 0 aliphatic carbocycles. The van der Waals surface area contributed by atoms with E-state index in [0.29, 0.717) is 43.1 Å². The molecule has 0 fully saturated rings. The van der Waals surface area contributed by atoms with Gasteiger partial charge in [0.15, 0.2) is 0 Å². The Labute approximate surface area is 245 Å². The summed E-state index contributed by atoms with van der Waals surface area (Å²) in [5.41, 5.74) is 0.643. The normalized spacial score (nSPS) is 18.7. The number of rotatable bonds is 12. The fourth-order valence-electron chi connectivity index (χ4n) is 5.24. The maximum absolute atomic E-state index is 13.4. The van der Waals surface area contributed by atoms with Gasteiger partial charge in [0, 0.05) is 30.3 Å². The number of aryl methyl sites for hydroxylation is 1. The molecule has 1 aromatic heterocycles. The first-order valence-electron chi connectivity index (χ1n) is 13.7. The van der Waals surface area contributed by atoms with Gasteiger partial charge in [0.25, 0.3) is 0 Å². The monoisotopic (exact) mass is 602 g/mol. The standard InChI is InChI=1S/C31H33F3N2O5S/c1-3-16-30(17-15-21-9-6-5-7-10-21)19-26(37)28(29(38)40-30)25(4-2)22-11-8-12-24(18-22)36-42(39)41-27-14-13-23(20-35-27)31(32,33)34/h5-14,18,20,25,36-37H,3-4,15-17,19H2,1-2H3. The highest BCUT2D eigenvalue weighted by atomic mass is 32.2. The summed E-state index contributed by atoms with van der Waals surface area (Å²) >= 11 is -2.17. The average Bonchev–Trinajstić information content (AvgIpc) is 2.94. The number of esters is 1. The molecule has 0 bridgehead atoms. The maximum atomic E-state index is 13.4. The van der Waals surface area contributed by atoms with Gasteiger partial charge in [-0.05, 0) is 55.0 Å². The Balaban J connectivity index is 1.49. The lowest BCUT2D eigenvalue weighted by atomic mass is 9.80. The number of ether oxygens (including phenoxy) is 1. The largest absolute Gasteiger partial charge is 0.512 e. The van der Waals surface area contributed by atoms with Gasteiger partial charge < -0.3 is 14.0 Å². The Morgan fingerprint density at radius 2 is 1.86 bits per heavy atom. The van der Waals surface area contributed by atoms with E-state index in [2.05, 4.69) is 9.71 Å². The number of anilines is 1. The number of nitrogens with one attached hydrogen (secondary N) is 1. The smallest absolute Gasteiger partial charge is 0.417 e. The van der Waals surface area contributed by atoms with E-state index in [1.165, 1.54) is 0 Å². The zero-order chi connectivity index (χ0) is 30.3. The second-order valence-corrected chi connectivity index (χ2v) is 11.1. The molecule has 1 aliphatic heterocycles. The molecule has 3 aromatic rings. The molecule has 7 nitrogen and oxygen atoms in total. The Hall–Kier alpha value is -3.86. The number of aliphatic hydroxyl groups is 1. The number of pyridine rings is 1. The number of hydrogen-bond acceptors (Lipinski definition) is 6. The van der Waals surface area contributed by atoms with Crippen LogP contribution in [0.15, 0.2) is 84.3 Å². The second-order valence-electron chi connectivity index (χ2n) is 10.2. The number of aliphatic hydroxyl groups excluding tert-OH is 1. The van der Waals surface area contributed by atoms with Crippen LogP contribution in [0.1, 0.15) is 68.6 Å². The lowest BCUT2D eigenvalue weighted by Gasteiger charge is -2.38. The number of benzene rings is 2. The summed E-state index contributed by atoms with van der Waals surface area (Å²) in [7, 11) is 0. The SMILES string of the molecule is CCCC1(CCc2ccccc2)CC(O)=C(C(CC)c2cccc(NS(=O)Oc3ccc(C(F)(F)F)cn3)c2)C(=O)O1. The lowest BCUT2D eigenvalue weighted by molar-refractivity contribution is -0.161. The van der Waals surface area contributed by atoms with Gasteiger partial charge in [0.1, 0.15) is 11.4 Å². The number of cyclic esters (lactones) is 1. The van der Waals surface area contributed by atoms with E-state index in [0.717, 1.165) is 24.1 Å². The number of aromatic nitrogens is 1. The molecule has 4 rings (SSSR count). The Morgan fingerprint density at radius 3 is 2.48 bits per heavy atom. The predicted molar refractivity (Wildman–Crippen MR) is 154 cm³/mol. The van der Waals surface area contributed by atoms with Crippen LogP contribution in [0.2, 0.25) is 0 Å². The van der Waals surface area contributed by atoms with Crippen molar-refractivity contribution >= 4 is 22.9 Å². The molecule has 224 valence electrons. The zero-order valence-electron chi connectivity index (χ0n) is 23.3. The highest BCUT2D eigenvalue weighted by Gasteiger charge is 2.43. The zero-order valence-corrected chi connectivity index (χ0v) is 24.1. The minimum Gasteiger partial charge on any atom is -0.512 e. The van der Waals surface area contributed by atoms with Crippen molar-refractivity contribution in [1.82, 2.24) is 4.98 Å². The van der Waals surface area contributed by atoms with Crippen LogP contribution in [0.25, 0.3) is 0 Å². The molecule has 2 heterocycles. The van der Waals surface area contributed by atoms with Crippen LogP contribution >= 0.6 is 0 Å². The van der Waals surface area contributed by atoms with Crippen molar-refractivity contribution in [2.75, 3.05) is 4.72 Å². The molecule has 0 radical (unpaired) electrons. The van der Waals surface area contributed by atoms with Crippen molar-refractivity contribution in [2.45, 2.75) is 70.1 Å². The van der Waals surface area contributed by atoms with E-state index < -0.39 is 40.5 Å². The van der Waals surface area contributed by atoms with Gasteiger partial charge in [-0.25, -0.2) is 9.78 Å². The third-order valence-corrected chi connectivity index (χ3v) is 7.94. The first-order valence-corrected chi connectivity index (χ1v) is 14.8. The highest BCUT2D eigenvalue weighted by molar-refractivity contribution is 7.81. The summed E-state index contributed by atoms with van der Waals surface area (Å²) < 4.78 is 64.6. The Morgan fingerprint density at radius 1 is 1.10 bits per heavy atom. The third-order valence-electron chi connectivity index (χ3n) is 7.22. The molecular weight excluding hydrogens is 569 g/mol. The van der Waals surface area contributed by atoms with Crippen LogP contribution in [0, 0.1) is 0 Å². The van der Waals surface area contributed by atoms with E-state index in [-0.39, 0.29) is 23.6 Å². The quantitative estimate of drug-likeness (QED) is 0.207. The van der Waals surface area contributed by atoms with Gasteiger partial charge in [0.05, 0.1) is 11.1 Å². The molecule has 3 unspecified atom stereocenters. The Bertz CT molecular complexity index is 1430. The van der Waals surface area contributed by atoms with Crippen LogP contribution in [-0.2, 0) is 33.4 Å². The Kier molecular flexibility index (Phi) is 9.93. The number of alkyl halides is 3. The fourth-order valence-corrected chi connectivity index (χ4v) is 5.86. The number of nitrogens with zero attached hydrogens (tertiary/aromatic N) is 1. The molecule has 2 N–H and O–H groups in total. The molecule has 1 aliphatic rings. The third kappa shape index (κ3) is 7.70. The molecule has 2 aromatic carbocycles. The van der Waals surface area contributed by atoms with Crippen molar-refractivity contribution in [3.63, 3.8) is 0 Å². The minimum absolute atomic E-state index is 0.0123. The maximum Gasteiger partial charge on any atom is 0.417 e. The number of halogens is 3. The van der Waals surface area contributed by atoms with Gasteiger partial charge in [-0.3, -0.25) is 4.72 Å². The van der Waals surface area contributed by atoms with Crippen LogP contribution in [0.5, 0.6) is 5.88 Å². The van der Waals surface area contributed by atoms with Crippen LogP contribution < -0.4 is 8.91 Å². The predicted octanol–water partition coefficient (Wildman–Crippen LogP) is 7.59. The fraction of sp³-hybridized carbons (Fsp3) is 0.355. The molecule has 0 saturated heterocycles. The molecule has 0 saturated carbocycles. The summed E-state index contributed by atoms with van der Waals surface area (Å²) in [5.74, 6) is -1.28. The molecule has 42 heavy (non-hydrogen) atoms. The summed E-state index contributed by atoms with van der Waals surface area (Å²) in [5, 5.41) is 11.2. The van der Waals surface area contributed by atoms with Gasteiger partial charge in [-0.2, -0.15) is 17.4 Å². The van der Waals surface area contributed by atoms with Crippen molar-refractivity contribution < 1.29 is 36.2 Å². The van der Waals surface area contributed by atoms with Crippen LogP contribution in [-0.4, -0.2) is 25.9 Å². The van der Waals surface area contributed by atoms with E-state index in [1.807, 2.05) is 44.2 Å². The molecule has 3 atom stereocenters. The lowest BCUT2D eigenvalue weighted by Crippen LogP contribution is -2.41. The van der Waals surface area contributed by atoms with Gasteiger partial charge in [-0.15, -0.1) is 0 Å². The van der Waals surface area contributed by atoms with Crippen molar-refractivity contribution in [2.24, 2.45) is 0 Å². The van der Waals surface area contributed by atoms with Crippen LogP contribution in [0.3, 0.4) is 0 Å². The second kappa shape index (κ2) is 13.4. The first kappa shape index (κ1) is 31.1. The minimum atomic E-state index is -4.55. The van der Waals surface area contributed by atoms with Crippen molar-refractivity contribution in [3.8, 4) is 5.88 Å². The topological polar surface area (TPSA) is 97.8 Å². The van der Waals surface area contributed by atoms with E-state index in [4.69, 9.17) is 8.92 Å². The number of hydrogen-bond donors (Lipinski definition) is 2. The van der Waals surface area contributed by atoms with E-state index in [9.17, 15) is 27.3 Å². The van der Waals surface area contributed by atoms with Gasteiger partial charge in [0.2, 0.25) is 5.88 Å². The molecule has 0 amide bonds. The summed E-state index contributed by atoms with van der Waals surface area (Å²) in [6.07, 6.45) is -0.534. The average molecular weight is 603 g/mol. The molecule has 11 heteroatoms. The van der Waals surface area contributed by atoms with Gasteiger partial charge in [-0.1, -0.05) is 62.7 Å². The summed E-state index contributed by atoms with van der Waals surface area (Å²) in [4.78, 5) is 17.0. The van der Waals surface area contributed by atoms with E-state index in [1.54, 1.807) is 24.3 Å². The summed E-state index contributed by atoms with van der Waals surface area (Å²) in [6.45, 7) is 3.90. The number of carbonyl (C=O) groups excluding carboxylic acids is 1. The first-order chi connectivity index (χ1) is 20.0. The van der Waals surface area contributed by atoms with Crippen molar-refractivity contribution in [1.29, 1.82) is 0 Å². The van der Waals surface area contributed by atoms with Gasteiger partial charge >= 0.3 is 23.4 Å². The molecule has 0 spiro atoms. The summed E-state index contributed by atoms with van der Waals surface area (Å²) in [6, 6.07) is 18.5. The molecular formula is C31H33F3N2O5S. The van der Waals surface area contributed by atoms with Crippen molar-refractivity contribution in [3.05, 3.63) is 101 Å². The van der Waals surface area contributed by atoms with E-state index >= 15 is 0 Å². The highest BCUT2D eigenvalue weighted by Crippen LogP contribution is 2.42.